The fourth-order valence-electron chi connectivity index (χ4n) is 1.30. The number of hydrogen-bond donors (Lipinski definition) is 1. The summed E-state index contributed by atoms with van der Waals surface area (Å²) in [5.74, 6) is 0.634. The summed E-state index contributed by atoms with van der Waals surface area (Å²) in [6, 6.07) is 5.57. The van der Waals surface area contributed by atoms with E-state index < -0.39 is 0 Å². The van der Waals surface area contributed by atoms with E-state index >= 15 is 0 Å². The van der Waals surface area contributed by atoms with E-state index in [-0.39, 0.29) is 0 Å². The molecule has 0 atom stereocenters. The molecule has 0 amide bonds. The molecule has 0 saturated carbocycles. The summed E-state index contributed by atoms with van der Waals surface area (Å²) in [6.07, 6.45) is 1.60. The van der Waals surface area contributed by atoms with Gasteiger partial charge in [-0.25, -0.2) is 0 Å². The van der Waals surface area contributed by atoms with Gasteiger partial charge in [0.2, 0.25) is 0 Å². The summed E-state index contributed by atoms with van der Waals surface area (Å²) in [4.78, 5) is 0. The van der Waals surface area contributed by atoms with E-state index in [9.17, 15) is 0 Å². The molecule has 78 valence electrons. The summed E-state index contributed by atoms with van der Waals surface area (Å²) in [5, 5.41) is 4.31. The normalized spacial score (nSPS) is 10.6. The predicted octanol–water partition coefficient (Wildman–Crippen LogP) is 3.22. The molecule has 15 heavy (non-hydrogen) atoms. The molecule has 3 nitrogen and oxygen atoms in total. The van der Waals surface area contributed by atoms with E-state index in [1.165, 1.54) is 0 Å². The highest BCUT2D eigenvalue weighted by Crippen LogP contribution is 2.32. The Kier molecular flexibility index (Phi) is 3.09. The quantitative estimate of drug-likeness (QED) is 0.922. The number of nitrogens with zero attached hydrogens (tertiary/aromatic N) is 1. The van der Waals surface area contributed by atoms with Gasteiger partial charge < -0.3 is 10.3 Å². The number of rotatable bonds is 2. The van der Waals surface area contributed by atoms with Gasteiger partial charge in [0.25, 0.3) is 0 Å². The van der Waals surface area contributed by atoms with Crippen LogP contribution in [0.2, 0.25) is 5.02 Å². The molecule has 2 N–H and O–H groups in total. The Morgan fingerprint density at radius 3 is 2.93 bits per heavy atom. The zero-order chi connectivity index (χ0) is 10.8. The molecule has 0 saturated heterocycles. The van der Waals surface area contributed by atoms with Crippen molar-refractivity contribution in [1.82, 2.24) is 5.16 Å². The number of halogens is 2. The van der Waals surface area contributed by atoms with E-state index in [0.717, 1.165) is 15.6 Å². The second-order valence-electron chi connectivity index (χ2n) is 3.01. The van der Waals surface area contributed by atoms with Gasteiger partial charge in [0.15, 0.2) is 5.76 Å². The van der Waals surface area contributed by atoms with Gasteiger partial charge in [-0.2, -0.15) is 0 Å². The van der Waals surface area contributed by atoms with Crippen LogP contribution in [-0.4, -0.2) is 5.16 Å². The smallest absolute Gasteiger partial charge is 0.172 e. The Bertz CT molecular complexity index is 484. The third kappa shape index (κ3) is 2.07. The molecule has 0 bridgehead atoms. The predicted molar refractivity (Wildman–Crippen MR) is 62.5 cm³/mol. The zero-order valence-electron chi connectivity index (χ0n) is 7.71. The van der Waals surface area contributed by atoms with Gasteiger partial charge >= 0.3 is 0 Å². The van der Waals surface area contributed by atoms with Crippen LogP contribution in [0.3, 0.4) is 0 Å². The van der Waals surface area contributed by atoms with Gasteiger partial charge in [-0.15, -0.1) is 0 Å². The lowest BCUT2D eigenvalue weighted by Crippen LogP contribution is -1.96. The van der Waals surface area contributed by atoms with Gasteiger partial charge in [-0.3, -0.25) is 0 Å². The number of aromatic nitrogens is 1. The van der Waals surface area contributed by atoms with Crippen molar-refractivity contribution < 1.29 is 4.52 Å². The summed E-state index contributed by atoms with van der Waals surface area (Å²) < 4.78 is 6.05. The average molecular weight is 288 g/mol. The summed E-state index contributed by atoms with van der Waals surface area (Å²) >= 11 is 9.43. The second-order valence-corrected chi connectivity index (χ2v) is 4.33. The minimum atomic E-state index is 0.380. The molecule has 0 aliphatic carbocycles. The molecule has 0 aliphatic rings. The van der Waals surface area contributed by atoms with Crippen LogP contribution in [-0.2, 0) is 6.54 Å². The molecule has 0 aliphatic heterocycles. The van der Waals surface area contributed by atoms with Crippen molar-refractivity contribution in [2.75, 3.05) is 0 Å². The molecule has 2 rings (SSSR count). The van der Waals surface area contributed by atoms with Crippen molar-refractivity contribution in [3.05, 3.63) is 39.5 Å². The Hall–Kier alpha value is -0.840. The SMILES string of the molecule is NCc1cnoc1-c1ccc(Br)cc1Cl. The Morgan fingerprint density at radius 1 is 1.47 bits per heavy atom. The first kappa shape index (κ1) is 10.7. The average Bonchev–Trinajstić information content (AvgIpc) is 2.65. The maximum absolute atomic E-state index is 6.09. The molecule has 5 heteroatoms. The van der Waals surface area contributed by atoms with Crippen LogP contribution >= 0.6 is 27.5 Å². The Balaban J connectivity index is 2.54. The standard InChI is InChI=1S/C10H8BrClN2O/c11-7-1-2-8(9(12)3-7)10-6(4-13)5-14-15-10/h1-3,5H,4,13H2. The van der Waals surface area contributed by atoms with Gasteiger partial charge in [0.1, 0.15) is 0 Å². The minimum Gasteiger partial charge on any atom is -0.356 e. The van der Waals surface area contributed by atoms with Gasteiger partial charge in [0, 0.05) is 22.1 Å². The van der Waals surface area contributed by atoms with Crippen LogP contribution < -0.4 is 5.73 Å². The van der Waals surface area contributed by atoms with E-state index in [0.29, 0.717) is 17.3 Å². The first-order valence-electron chi connectivity index (χ1n) is 4.31. The molecular weight excluding hydrogens is 279 g/mol. The Morgan fingerprint density at radius 2 is 2.27 bits per heavy atom. The molecule has 2 aromatic rings. The highest BCUT2D eigenvalue weighted by molar-refractivity contribution is 9.10. The minimum absolute atomic E-state index is 0.380. The van der Waals surface area contributed by atoms with Crippen LogP contribution in [0.5, 0.6) is 0 Å². The largest absolute Gasteiger partial charge is 0.356 e. The lowest BCUT2D eigenvalue weighted by atomic mass is 10.1. The molecule has 0 spiro atoms. The molecule has 1 heterocycles. The van der Waals surface area contributed by atoms with Crippen LogP contribution in [0, 0.1) is 0 Å². The third-order valence-electron chi connectivity index (χ3n) is 2.04. The first-order valence-corrected chi connectivity index (χ1v) is 5.48. The molecule has 0 fully saturated rings. The van der Waals surface area contributed by atoms with Crippen molar-refractivity contribution in [3.8, 4) is 11.3 Å². The van der Waals surface area contributed by atoms with Crippen molar-refractivity contribution >= 4 is 27.5 Å². The third-order valence-corrected chi connectivity index (χ3v) is 2.85. The van der Waals surface area contributed by atoms with Gasteiger partial charge in [-0.05, 0) is 18.2 Å². The molecule has 1 aromatic heterocycles. The molecule has 0 unspecified atom stereocenters. The highest BCUT2D eigenvalue weighted by Gasteiger charge is 2.12. The fourth-order valence-corrected chi connectivity index (χ4v) is 2.06. The van der Waals surface area contributed by atoms with Gasteiger partial charge in [-0.1, -0.05) is 32.7 Å². The summed E-state index contributed by atoms with van der Waals surface area (Å²) in [6.45, 7) is 0.380. The van der Waals surface area contributed by atoms with Crippen LogP contribution in [0.1, 0.15) is 5.56 Å². The van der Waals surface area contributed by atoms with Crippen molar-refractivity contribution in [2.24, 2.45) is 5.73 Å². The van der Waals surface area contributed by atoms with E-state index in [2.05, 4.69) is 21.1 Å². The van der Waals surface area contributed by atoms with Crippen molar-refractivity contribution in [1.29, 1.82) is 0 Å². The van der Waals surface area contributed by atoms with E-state index in [4.69, 9.17) is 21.9 Å². The summed E-state index contributed by atoms with van der Waals surface area (Å²) in [7, 11) is 0. The number of benzene rings is 1. The van der Waals surface area contributed by atoms with Gasteiger partial charge in [0.05, 0.1) is 11.2 Å². The summed E-state index contributed by atoms with van der Waals surface area (Å²) in [5.41, 5.74) is 7.21. The maximum Gasteiger partial charge on any atom is 0.172 e. The first-order chi connectivity index (χ1) is 7.22. The second kappa shape index (κ2) is 4.35. The maximum atomic E-state index is 6.09. The lowest BCUT2D eigenvalue weighted by molar-refractivity contribution is 0.431. The van der Waals surface area contributed by atoms with Crippen LogP contribution in [0.15, 0.2) is 33.4 Å². The Labute approximate surface area is 100 Å². The molecule has 1 aromatic carbocycles. The molecule has 0 radical (unpaired) electrons. The number of hydrogen-bond acceptors (Lipinski definition) is 3. The van der Waals surface area contributed by atoms with E-state index in [1.54, 1.807) is 12.3 Å². The van der Waals surface area contributed by atoms with Crippen LogP contribution in [0.25, 0.3) is 11.3 Å². The fraction of sp³-hybridized carbons (Fsp3) is 0.100. The number of nitrogens with two attached hydrogens (primary N) is 1. The topological polar surface area (TPSA) is 52.0 Å². The van der Waals surface area contributed by atoms with Crippen molar-refractivity contribution in [2.45, 2.75) is 6.54 Å². The lowest BCUT2D eigenvalue weighted by Gasteiger charge is -2.02. The van der Waals surface area contributed by atoms with Crippen LogP contribution in [0.4, 0.5) is 0 Å². The van der Waals surface area contributed by atoms with E-state index in [1.807, 2.05) is 12.1 Å². The molecular formula is C10H8BrClN2O. The highest BCUT2D eigenvalue weighted by atomic mass is 79.9. The monoisotopic (exact) mass is 286 g/mol. The zero-order valence-corrected chi connectivity index (χ0v) is 10.0. The van der Waals surface area contributed by atoms with Crippen molar-refractivity contribution in [3.63, 3.8) is 0 Å².